The van der Waals surface area contributed by atoms with Gasteiger partial charge >= 0.3 is 5.97 Å². The summed E-state index contributed by atoms with van der Waals surface area (Å²) in [5.41, 5.74) is 2.82. The fraction of sp³-hybridized carbons (Fsp3) is 0.286. The maximum Gasteiger partial charge on any atom is 0.340 e. The van der Waals surface area contributed by atoms with Crippen molar-refractivity contribution in [2.45, 2.75) is 33.2 Å². The predicted molar refractivity (Wildman–Crippen MR) is 107 cm³/mol. The number of carbonyl (C=O) groups is 2. The average Bonchev–Trinajstić information content (AvgIpc) is 3.21. The Balaban J connectivity index is 1.72. The van der Waals surface area contributed by atoms with Crippen molar-refractivity contribution in [2.24, 2.45) is 0 Å². The van der Waals surface area contributed by atoms with Crippen molar-refractivity contribution in [2.75, 3.05) is 6.61 Å². The lowest BCUT2D eigenvalue weighted by Crippen LogP contribution is -2.31. The van der Waals surface area contributed by atoms with Gasteiger partial charge in [0.15, 0.2) is 6.61 Å². The van der Waals surface area contributed by atoms with Crippen LogP contribution in [0.2, 0.25) is 0 Å². The first-order valence-electron chi connectivity index (χ1n) is 8.89. The molecule has 140 valence electrons. The Labute approximate surface area is 162 Å². The summed E-state index contributed by atoms with van der Waals surface area (Å²) in [7, 11) is 0. The van der Waals surface area contributed by atoms with Gasteiger partial charge in [-0.1, -0.05) is 31.2 Å². The molecule has 0 saturated carbocycles. The smallest absolute Gasteiger partial charge is 0.340 e. The molecule has 1 atom stereocenters. The minimum atomic E-state index is -0.512. The molecule has 1 amide bonds. The van der Waals surface area contributed by atoms with Crippen molar-refractivity contribution in [1.29, 1.82) is 0 Å². The molecule has 0 saturated heterocycles. The van der Waals surface area contributed by atoms with E-state index in [1.165, 1.54) is 0 Å². The highest BCUT2D eigenvalue weighted by molar-refractivity contribution is 7.10. The van der Waals surface area contributed by atoms with Crippen molar-refractivity contribution < 1.29 is 14.3 Å². The number of ether oxygens (including phenoxy) is 1. The van der Waals surface area contributed by atoms with Crippen molar-refractivity contribution in [3.05, 3.63) is 63.5 Å². The molecule has 2 aromatic heterocycles. The second-order valence-electron chi connectivity index (χ2n) is 6.31. The van der Waals surface area contributed by atoms with Crippen molar-refractivity contribution in [3.63, 3.8) is 0 Å². The van der Waals surface area contributed by atoms with E-state index in [2.05, 4.69) is 10.3 Å². The van der Waals surface area contributed by atoms with Crippen LogP contribution in [0.5, 0.6) is 0 Å². The Morgan fingerprint density at radius 1 is 1.22 bits per heavy atom. The minimum absolute atomic E-state index is 0.119. The molecule has 3 aromatic rings. The molecule has 2 heterocycles. The standard InChI is InChI=1S/C21H22N2O3S/c1-4-16-20(13(2)15-8-5-6-9-17(15)23-16)21(25)26-12-19(24)22-14(3)18-10-7-11-27-18/h5-11,14H,4,12H2,1-3H3,(H,22,24)/t14-/m0/s1. The van der Waals surface area contributed by atoms with Gasteiger partial charge in [-0.2, -0.15) is 0 Å². The van der Waals surface area contributed by atoms with E-state index in [1.54, 1.807) is 11.3 Å². The van der Waals surface area contributed by atoms with Crippen LogP contribution in [0.3, 0.4) is 0 Å². The van der Waals surface area contributed by atoms with Crippen molar-refractivity contribution in [3.8, 4) is 0 Å². The number of rotatable bonds is 6. The van der Waals surface area contributed by atoms with E-state index in [9.17, 15) is 9.59 Å². The van der Waals surface area contributed by atoms with Crippen molar-refractivity contribution >= 4 is 34.1 Å². The van der Waals surface area contributed by atoms with Gasteiger partial charge in [0.25, 0.3) is 5.91 Å². The number of hydrogen-bond acceptors (Lipinski definition) is 5. The largest absolute Gasteiger partial charge is 0.452 e. The van der Waals surface area contributed by atoms with Gasteiger partial charge in [0.1, 0.15) is 0 Å². The zero-order valence-corrected chi connectivity index (χ0v) is 16.4. The van der Waals surface area contributed by atoms with Crippen LogP contribution in [-0.2, 0) is 16.0 Å². The van der Waals surface area contributed by atoms with Crippen LogP contribution < -0.4 is 5.32 Å². The van der Waals surface area contributed by atoms with Gasteiger partial charge in [-0.25, -0.2) is 4.79 Å². The summed E-state index contributed by atoms with van der Waals surface area (Å²) in [6, 6.07) is 11.5. The van der Waals surface area contributed by atoms with E-state index >= 15 is 0 Å². The van der Waals surface area contributed by atoms with Crippen LogP contribution in [0, 0.1) is 6.92 Å². The SMILES string of the molecule is CCc1nc2ccccc2c(C)c1C(=O)OCC(=O)N[C@@H](C)c1cccs1. The number of benzene rings is 1. The Bertz CT molecular complexity index is 967. The monoisotopic (exact) mass is 382 g/mol. The zero-order valence-electron chi connectivity index (χ0n) is 15.6. The number of carbonyl (C=O) groups excluding carboxylic acids is 2. The first-order chi connectivity index (χ1) is 13.0. The molecule has 0 unspecified atom stereocenters. The molecule has 6 heteroatoms. The lowest BCUT2D eigenvalue weighted by Gasteiger charge is -2.15. The third-order valence-electron chi connectivity index (χ3n) is 4.45. The summed E-state index contributed by atoms with van der Waals surface area (Å²) in [5, 5.41) is 5.71. The Kier molecular flexibility index (Phi) is 5.86. The predicted octanol–water partition coefficient (Wildman–Crippen LogP) is 4.20. The van der Waals surface area contributed by atoms with E-state index in [0.717, 1.165) is 21.3 Å². The quantitative estimate of drug-likeness (QED) is 0.649. The number of nitrogens with zero attached hydrogens (tertiary/aromatic N) is 1. The zero-order chi connectivity index (χ0) is 19.4. The molecule has 0 bridgehead atoms. The van der Waals surface area contributed by atoms with Crippen LogP contribution in [0.25, 0.3) is 10.9 Å². The van der Waals surface area contributed by atoms with E-state index < -0.39 is 5.97 Å². The third-order valence-corrected chi connectivity index (χ3v) is 5.50. The molecule has 0 aliphatic carbocycles. The molecule has 5 nitrogen and oxygen atoms in total. The van der Waals surface area contributed by atoms with Gasteiger partial charge in [0, 0.05) is 10.3 Å². The molecule has 0 spiro atoms. The minimum Gasteiger partial charge on any atom is -0.452 e. The van der Waals surface area contributed by atoms with Crippen LogP contribution >= 0.6 is 11.3 Å². The van der Waals surface area contributed by atoms with E-state index in [0.29, 0.717) is 17.7 Å². The van der Waals surface area contributed by atoms with Crippen molar-refractivity contribution in [1.82, 2.24) is 10.3 Å². The highest BCUT2D eigenvalue weighted by atomic mass is 32.1. The summed E-state index contributed by atoms with van der Waals surface area (Å²) in [6.45, 7) is 5.42. The number of fused-ring (bicyclic) bond motifs is 1. The number of aromatic nitrogens is 1. The summed E-state index contributed by atoms with van der Waals surface area (Å²) in [4.78, 5) is 30.4. The van der Waals surface area contributed by atoms with E-state index in [-0.39, 0.29) is 18.6 Å². The van der Waals surface area contributed by atoms with Gasteiger partial charge in [0.05, 0.1) is 22.8 Å². The number of para-hydroxylation sites is 1. The summed E-state index contributed by atoms with van der Waals surface area (Å²) >= 11 is 1.57. The number of amides is 1. The lowest BCUT2D eigenvalue weighted by atomic mass is 10.0. The number of aryl methyl sites for hydroxylation is 2. The first-order valence-corrected chi connectivity index (χ1v) is 9.77. The molecule has 1 aromatic carbocycles. The average molecular weight is 382 g/mol. The summed E-state index contributed by atoms with van der Waals surface area (Å²) < 4.78 is 5.29. The Hall–Kier alpha value is -2.73. The lowest BCUT2D eigenvalue weighted by molar-refractivity contribution is -0.124. The fourth-order valence-electron chi connectivity index (χ4n) is 3.06. The number of thiophene rings is 1. The van der Waals surface area contributed by atoms with Crippen LogP contribution in [0.15, 0.2) is 41.8 Å². The highest BCUT2D eigenvalue weighted by Gasteiger charge is 2.20. The Morgan fingerprint density at radius 3 is 2.70 bits per heavy atom. The molecular weight excluding hydrogens is 360 g/mol. The molecule has 0 aliphatic heterocycles. The molecule has 27 heavy (non-hydrogen) atoms. The second-order valence-corrected chi connectivity index (χ2v) is 7.29. The molecule has 0 aliphatic rings. The van der Waals surface area contributed by atoms with Gasteiger partial charge in [-0.15, -0.1) is 11.3 Å². The number of pyridine rings is 1. The summed E-state index contributed by atoms with van der Waals surface area (Å²) in [6.07, 6.45) is 0.609. The third kappa shape index (κ3) is 4.17. The maximum atomic E-state index is 12.7. The highest BCUT2D eigenvalue weighted by Crippen LogP contribution is 2.24. The maximum absolute atomic E-state index is 12.7. The fourth-order valence-corrected chi connectivity index (χ4v) is 3.80. The second kappa shape index (κ2) is 8.31. The number of esters is 1. The first kappa shape index (κ1) is 19.0. The van der Waals surface area contributed by atoms with E-state index in [1.807, 2.05) is 62.5 Å². The van der Waals surface area contributed by atoms with E-state index in [4.69, 9.17) is 4.74 Å². The van der Waals surface area contributed by atoms with Crippen LogP contribution in [0.1, 0.15) is 46.4 Å². The molecule has 1 N–H and O–H groups in total. The Morgan fingerprint density at radius 2 is 2.00 bits per heavy atom. The summed E-state index contributed by atoms with van der Waals surface area (Å²) in [5.74, 6) is -0.838. The molecular formula is C21H22N2O3S. The molecule has 3 rings (SSSR count). The molecule has 0 radical (unpaired) electrons. The van der Waals surface area contributed by atoms with Gasteiger partial charge < -0.3 is 10.1 Å². The number of hydrogen-bond donors (Lipinski definition) is 1. The van der Waals surface area contributed by atoms with Gasteiger partial charge in [0.2, 0.25) is 0 Å². The van der Waals surface area contributed by atoms with Gasteiger partial charge in [-0.3, -0.25) is 9.78 Å². The number of nitrogens with one attached hydrogen (secondary N) is 1. The van der Waals surface area contributed by atoms with Gasteiger partial charge in [-0.05, 0) is 43.3 Å². The molecule has 0 fully saturated rings. The van der Waals surface area contributed by atoms with Crippen LogP contribution in [0.4, 0.5) is 0 Å². The topological polar surface area (TPSA) is 68.3 Å². The van der Waals surface area contributed by atoms with Crippen LogP contribution in [-0.4, -0.2) is 23.5 Å². The normalized spacial score (nSPS) is 12.0.